The fourth-order valence-electron chi connectivity index (χ4n) is 2.66. The Hall–Kier alpha value is -2.73. The maximum Gasteiger partial charge on any atom is 0.176 e. The highest BCUT2D eigenvalue weighted by Crippen LogP contribution is 2.27. The van der Waals surface area contributed by atoms with E-state index in [2.05, 4.69) is 15.9 Å². The normalized spacial score (nSPS) is 11.7. The molecule has 150 valence electrons. The lowest BCUT2D eigenvalue weighted by Gasteiger charge is -2.13. The van der Waals surface area contributed by atoms with Crippen LogP contribution in [0.1, 0.15) is 28.4 Å². The second kappa shape index (κ2) is 9.65. The lowest BCUT2D eigenvalue weighted by molar-refractivity contribution is 0.0994. The van der Waals surface area contributed by atoms with Gasteiger partial charge in [0.15, 0.2) is 5.78 Å². The van der Waals surface area contributed by atoms with Crippen molar-refractivity contribution in [1.29, 1.82) is 0 Å². The van der Waals surface area contributed by atoms with Crippen LogP contribution in [0.4, 0.5) is 8.78 Å². The van der Waals surface area contributed by atoms with Gasteiger partial charge in [0.25, 0.3) is 0 Å². The Balaban J connectivity index is 1.82. The molecule has 0 radical (unpaired) electrons. The minimum absolute atomic E-state index is 0.000929. The van der Waals surface area contributed by atoms with Crippen LogP contribution in [0, 0.1) is 11.6 Å². The summed E-state index contributed by atoms with van der Waals surface area (Å²) in [6.45, 7) is 1.72. The molecule has 3 aromatic carbocycles. The third kappa shape index (κ3) is 5.64. The largest absolute Gasteiger partial charge is 0.489 e. The Kier molecular flexibility index (Phi) is 6.99. The first-order valence-electron chi connectivity index (χ1n) is 9.00. The van der Waals surface area contributed by atoms with Crippen LogP contribution >= 0.6 is 15.9 Å². The number of hydrogen-bond acceptors (Lipinski definition) is 3. The van der Waals surface area contributed by atoms with Gasteiger partial charge in [0.2, 0.25) is 0 Å². The van der Waals surface area contributed by atoms with Crippen molar-refractivity contribution in [2.45, 2.75) is 25.0 Å². The Labute approximate surface area is 176 Å². The first-order valence-corrected chi connectivity index (χ1v) is 9.91. The van der Waals surface area contributed by atoms with Gasteiger partial charge >= 0.3 is 0 Å². The van der Waals surface area contributed by atoms with Crippen LogP contribution in [0.15, 0.2) is 66.7 Å². The second-order valence-electron chi connectivity index (χ2n) is 6.43. The fourth-order valence-corrected chi connectivity index (χ4v) is 2.93. The number of alkyl halides is 1. The van der Waals surface area contributed by atoms with Crippen LogP contribution in [-0.2, 0) is 13.2 Å². The molecule has 0 aliphatic carbocycles. The number of halogens is 3. The molecule has 3 rings (SSSR count). The summed E-state index contributed by atoms with van der Waals surface area (Å²) >= 11 is 3.27. The zero-order valence-corrected chi connectivity index (χ0v) is 17.3. The van der Waals surface area contributed by atoms with E-state index in [1.54, 1.807) is 61.5 Å². The maximum atomic E-state index is 13.8. The van der Waals surface area contributed by atoms with Crippen LogP contribution in [0.3, 0.4) is 0 Å². The minimum Gasteiger partial charge on any atom is -0.489 e. The lowest BCUT2D eigenvalue weighted by Crippen LogP contribution is -2.11. The molecule has 0 aliphatic rings. The summed E-state index contributed by atoms with van der Waals surface area (Å²) in [5, 5.41) is 0. The summed E-state index contributed by atoms with van der Waals surface area (Å²) in [5.74, 6) is -0.182. The van der Waals surface area contributed by atoms with Crippen molar-refractivity contribution in [3.8, 4) is 11.5 Å². The smallest absolute Gasteiger partial charge is 0.176 e. The predicted molar refractivity (Wildman–Crippen MR) is 111 cm³/mol. The number of carbonyl (C=O) groups excluding carboxylic acids is 1. The highest BCUT2D eigenvalue weighted by atomic mass is 79.9. The molecule has 0 saturated heterocycles. The molecular weight excluding hydrogens is 442 g/mol. The summed E-state index contributed by atoms with van der Waals surface area (Å²) in [6.07, 6.45) is 0. The number of benzene rings is 3. The van der Waals surface area contributed by atoms with Crippen molar-refractivity contribution in [3.05, 3.63) is 95.1 Å². The molecule has 0 heterocycles. The van der Waals surface area contributed by atoms with E-state index in [0.29, 0.717) is 28.2 Å². The Morgan fingerprint density at radius 3 is 1.72 bits per heavy atom. The molecule has 29 heavy (non-hydrogen) atoms. The molecule has 0 aromatic heterocycles. The van der Waals surface area contributed by atoms with Gasteiger partial charge in [0, 0.05) is 22.8 Å². The Bertz CT molecular complexity index is 937. The summed E-state index contributed by atoms with van der Waals surface area (Å²) < 4.78 is 39.1. The summed E-state index contributed by atoms with van der Waals surface area (Å²) in [6, 6.07) is 17.4. The van der Waals surface area contributed by atoms with Crippen molar-refractivity contribution in [2.24, 2.45) is 0 Å². The second-order valence-corrected chi connectivity index (χ2v) is 7.81. The molecule has 0 spiro atoms. The summed E-state index contributed by atoms with van der Waals surface area (Å²) in [4.78, 5) is 12.0. The van der Waals surface area contributed by atoms with Gasteiger partial charge < -0.3 is 9.47 Å². The zero-order valence-electron chi connectivity index (χ0n) is 15.7. The van der Waals surface area contributed by atoms with E-state index in [1.165, 1.54) is 12.1 Å². The first kappa shape index (κ1) is 21.0. The molecule has 0 N–H and O–H groups in total. The Morgan fingerprint density at radius 2 is 1.31 bits per heavy atom. The lowest BCUT2D eigenvalue weighted by atomic mass is 10.1. The van der Waals surface area contributed by atoms with E-state index in [9.17, 15) is 13.6 Å². The zero-order chi connectivity index (χ0) is 20.8. The van der Waals surface area contributed by atoms with Crippen molar-refractivity contribution < 1.29 is 23.0 Å². The van der Waals surface area contributed by atoms with Gasteiger partial charge in [0.05, 0.1) is 4.83 Å². The van der Waals surface area contributed by atoms with Crippen LogP contribution in [0.5, 0.6) is 11.5 Å². The topological polar surface area (TPSA) is 35.5 Å². The fraction of sp³-hybridized carbons (Fsp3) is 0.174. The van der Waals surface area contributed by atoms with Crippen molar-refractivity contribution >= 4 is 21.7 Å². The van der Waals surface area contributed by atoms with Gasteiger partial charge in [-0.2, -0.15) is 0 Å². The van der Waals surface area contributed by atoms with Gasteiger partial charge in [0.1, 0.15) is 36.3 Å². The SMILES string of the molecule is CC(Br)C(=O)c1cc(OCc2ccccc2F)cc(OCc2ccccc2F)c1. The third-order valence-electron chi connectivity index (χ3n) is 4.23. The standard InChI is InChI=1S/C23H19BrF2O3/c1-15(24)23(27)18-10-19(28-13-16-6-2-4-8-21(16)25)12-20(11-18)29-14-17-7-3-5-9-22(17)26/h2-12,15H,13-14H2,1H3. The molecule has 0 bridgehead atoms. The van der Waals surface area contributed by atoms with Crippen LogP contribution < -0.4 is 9.47 Å². The highest BCUT2D eigenvalue weighted by Gasteiger charge is 2.15. The average molecular weight is 461 g/mol. The highest BCUT2D eigenvalue weighted by molar-refractivity contribution is 9.10. The van der Waals surface area contributed by atoms with Crippen molar-refractivity contribution in [3.63, 3.8) is 0 Å². The maximum absolute atomic E-state index is 13.8. The summed E-state index contributed by atoms with van der Waals surface area (Å²) in [5.41, 5.74) is 1.17. The van der Waals surface area contributed by atoms with E-state index in [0.717, 1.165) is 0 Å². The van der Waals surface area contributed by atoms with Crippen LogP contribution in [0.2, 0.25) is 0 Å². The minimum atomic E-state index is -0.399. The molecule has 1 unspecified atom stereocenters. The number of hydrogen-bond donors (Lipinski definition) is 0. The number of ether oxygens (including phenoxy) is 2. The molecule has 1 atom stereocenters. The van der Waals surface area contributed by atoms with Crippen LogP contribution in [-0.4, -0.2) is 10.6 Å². The number of rotatable bonds is 8. The van der Waals surface area contributed by atoms with Gasteiger partial charge in [-0.1, -0.05) is 52.3 Å². The van der Waals surface area contributed by atoms with Crippen LogP contribution in [0.25, 0.3) is 0 Å². The molecule has 3 nitrogen and oxygen atoms in total. The van der Waals surface area contributed by atoms with Crippen molar-refractivity contribution in [1.82, 2.24) is 0 Å². The number of carbonyl (C=O) groups is 1. The predicted octanol–water partition coefficient (Wildman–Crippen LogP) is 6.09. The van der Waals surface area contributed by atoms with E-state index in [4.69, 9.17) is 9.47 Å². The molecule has 3 aromatic rings. The van der Waals surface area contributed by atoms with E-state index in [-0.39, 0.29) is 30.6 Å². The van der Waals surface area contributed by atoms with Gasteiger partial charge in [-0.15, -0.1) is 0 Å². The van der Waals surface area contributed by atoms with Gasteiger partial charge in [-0.3, -0.25) is 4.79 Å². The molecule has 0 saturated carbocycles. The van der Waals surface area contributed by atoms with E-state index < -0.39 is 4.83 Å². The molecule has 0 amide bonds. The Morgan fingerprint density at radius 1 is 0.862 bits per heavy atom. The number of ketones is 1. The molecule has 0 fully saturated rings. The first-order chi connectivity index (χ1) is 13.9. The monoisotopic (exact) mass is 460 g/mol. The molecule has 0 aliphatic heterocycles. The molecular formula is C23H19BrF2O3. The van der Waals surface area contributed by atoms with E-state index >= 15 is 0 Å². The average Bonchev–Trinajstić information content (AvgIpc) is 2.72. The summed E-state index contributed by atoms with van der Waals surface area (Å²) in [7, 11) is 0. The third-order valence-corrected chi connectivity index (χ3v) is 4.65. The molecule has 6 heteroatoms. The van der Waals surface area contributed by atoms with E-state index in [1.807, 2.05) is 0 Å². The van der Waals surface area contributed by atoms with Gasteiger partial charge in [-0.05, 0) is 31.2 Å². The van der Waals surface area contributed by atoms with Gasteiger partial charge in [-0.25, -0.2) is 8.78 Å². The van der Waals surface area contributed by atoms with Crippen molar-refractivity contribution in [2.75, 3.05) is 0 Å². The number of Topliss-reactive ketones (excluding diaryl/α,β-unsaturated/α-hetero) is 1. The quantitative estimate of drug-likeness (QED) is 0.301.